The molecule has 0 spiro atoms. The van der Waals surface area contributed by atoms with Crippen molar-refractivity contribution in [3.63, 3.8) is 0 Å². The van der Waals surface area contributed by atoms with E-state index in [1.54, 1.807) is 23.1 Å². The number of para-hydroxylation sites is 1. The van der Waals surface area contributed by atoms with Gasteiger partial charge in [-0.3, -0.25) is 0 Å². The van der Waals surface area contributed by atoms with Gasteiger partial charge in [-0.25, -0.2) is 9.97 Å². The van der Waals surface area contributed by atoms with E-state index < -0.39 is 0 Å². The Morgan fingerprint density at radius 1 is 0.906 bits per heavy atom. The van der Waals surface area contributed by atoms with Crippen molar-refractivity contribution in [3.8, 4) is 0 Å². The van der Waals surface area contributed by atoms with Crippen LogP contribution < -0.4 is 5.73 Å². The smallest absolute Gasteiger partial charge is 0.191 e. The summed E-state index contributed by atoms with van der Waals surface area (Å²) in [6.07, 6.45) is 1.70. The van der Waals surface area contributed by atoms with Crippen LogP contribution in [0.3, 0.4) is 0 Å². The molecule has 0 amide bonds. The monoisotopic (exact) mass is 458 g/mol. The number of aryl methyl sites for hydroxylation is 1. The van der Waals surface area contributed by atoms with E-state index in [1.807, 2.05) is 30.3 Å². The van der Waals surface area contributed by atoms with Crippen molar-refractivity contribution in [2.75, 3.05) is 5.73 Å². The number of benzene rings is 2. The minimum atomic E-state index is 0.509. The molecule has 160 valence electrons. The van der Waals surface area contributed by atoms with Crippen LogP contribution in [0.4, 0.5) is 5.82 Å². The zero-order chi connectivity index (χ0) is 21.8. The molecule has 0 fully saturated rings. The maximum absolute atomic E-state index is 6.16. The summed E-state index contributed by atoms with van der Waals surface area (Å²) in [6.45, 7) is 0.820. The molecule has 0 saturated heterocycles. The van der Waals surface area contributed by atoms with E-state index in [-0.39, 0.29) is 0 Å². The highest BCUT2D eigenvalue weighted by Crippen LogP contribution is 2.25. The van der Waals surface area contributed by atoms with Gasteiger partial charge < -0.3 is 10.3 Å². The van der Waals surface area contributed by atoms with Crippen LogP contribution in [-0.2, 0) is 25.1 Å². The van der Waals surface area contributed by atoms with Gasteiger partial charge in [0, 0.05) is 23.2 Å². The second-order valence-corrected chi connectivity index (χ2v) is 9.35. The summed E-state index contributed by atoms with van der Waals surface area (Å²) in [5, 5.41) is 12.9. The average molecular weight is 459 g/mol. The highest BCUT2D eigenvalue weighted by atomic mass is 32.2. The van der Waals surface area contributed by atoms with E-state index in [4.69, 9.17) is 5.73 Å². The van der Waals surface area contributed by atoms with Crippen LogP contribution in [0, 0.1) is 0 Å². The summed E-state index contributed by atoms with van der Waals surface area (Å²) in [6, 6.07) is 22.5. The third-order valence-corrected chi connectivity index (χ3v) is 7.02. The maximum Gasteiger partial charge on any atom is 0.191 e. The quantitative estimate of drug-likeness (QED) is 0.330. The number of nitrogen functional groups attached to an aromatic ring is 1. The number of hydrogen-bond donors (Lipinski definition) is 1. The standard InChI is InChI=1S/C24H22N6S2/c25-23-19-10-4-5-11-20(19)26-21(27-23)16-32-24-29-28-22(15-18-9-6-14-31-18)30(24)13-12-17-7-2-1-3-8-17/h1-11,14H,12-13,15-16H2,(H2,25,26,27). The fraction of sp³-hybridized carbons (Fsp3) is 0.167. The first-order valence-electron chi connectivity index (χ1n) is 10.4. The van der Waals surface area contributed by atoms with E-state index in [1.165, 1.54) is 10.4 Å². The Morgan fingerprint density at radius 3 is 2.59 bits per heavy atom. The lowest BCUT2D eigenvalue weighted by Gasteiger charge is -2.10. The van der Waals surface area contributed by atoms with Crippen molar-refractivity contribution >= 4 is 39.8 Å². The minimum absolute atomic E-state index is 0.509. The molecular weight excluding hydrogens is 436 g/mol. The number of nitrogens with zero attached hydrogens (tertiary/aromatic N) is 5. The lowest BCUT2D eigenvalue weighted by molar-refractivity contribution is 0.610. The van der Waals surface area contributed by atoms with Gasteiger partial charge in [0.2, 0.25) is 0 Å². The molecule has 0 bridgehead atoms. The van der Waals surface area contributed by atoms with E-state index in [2.05, 4.69) is 66.5 Å². The molecule has 0 saturated carbocycles. The van der Waals surface area contributed by atoms with Crippen LogP contribution in [0.1, 0.15) is 22.1 Å². The van der Waals surface area contributed by atoms with Gasteiger partial charge in [-0.2, -0.15) is 0 Å². The Bertz CT molecular complexity index is 1320. The second kappa shape index (κ2) is 9.50. The SMILES string of the molecule is Nc1nc(CSc2nnc(Cc3cccs3)n2CCc2ccccc2)nc2ccccc12. The van der Waals surface area contributed by atoms with Crippen LogP contribution in [0.25, 0.3) is 10.9 Å². The maximum atomic E-state index is 6.16. The van der Waals surface area contributed by atoms with Crippen LogP contribution in [0.5, 0.6) is 0 Å². The molecule has 5 aromatic rings. The largest absolute Gasteiger partial charge is 0.383 e. The number of thiophene rings is 1. The molecule has 2 N–H and O–H groups in total. The van der Waals surface area contributed by atoms with Gasteiger partial charge in [0.25, 0.3) is 0 Å². The van der Waals surface area contributed by atoms with E-state index >= 15 is 0 Å². The lowest BCUT2D eigenvalue weighted by atomic mass is 10.1. The van der Waals surface area contributed by atoms with Crippen molar-refractivity contribution in [3.05, 3.63) is 94.2 Å². The summed E-state index contributed by atoms with van der Waals surface area (Å²) in [4.78, 5) is 10.4. The normalized spacial score (nSPS) is 11.2. The van der Waals surface area contributed by atoms with Gasteiger partial charge >= 0.3 is 0 Å². The van der Waals surface area contributed by atoms with Crippen molar-refractivity contribution in [1.29, 1.82) is 0 Å². The average Bonchev–Trinajstić information content (AvgIpc) is 3.47. The molecular formula is C24H22N6S2. The molecule has 6 nitrogen and oxygen atoms in total. The molecule has 5 rings (SSSR count). The number of rotatable bonds is 8. The molecule has 0 aliphatic rings. The topological polar surface area (TPSA) is 82.5 Å². The van der Waals surface area contributed by atoms with Gasteiger partial charge in [-0.15, -0.1) is 21.5 Å². The fourth-order valence-corrected chi connectivity index (χ4v) is 5.12. The molecule has 0 aliphatic carbocycles. The Balaban J connectivity index is 1.38. The third-order valence-electron chi connectivity index (χ3n) is 5.18. The van der Waals surface area contributed by atoms with Crippen LogP contribution in [0.2, 0.25) is 0 Å². The van der Waals surface area contributed by atoms with Gasteiger partial charge in [-0.1, -0.05) is 60.3 Å². The predicted octanol–water partition coefficient (Wildman–Crippen LogP) is 4.99. The van der Waals surface area contributed by atoms with E-state index in [0.717, 1.165) is 41.3 Å². The van der Waals surface area contributed by atoms with Crippen LogP contribution in [0.15, 0.2) is 77.3 Å². The van der Waals surface area contributed by atoms with Crippen LogP contribution >= 0.6 is 23.1 Å². The van der Waals surface area contributed by atoms with Gasteiger partial charge in [-0.05, 0) is 35.6 Å². The number of hydrogen-bond acceptors (Lipinski definition) is 7. The Morgan fingerprint density at radius 2 is 1.75 bits per heavy atom. The van der Waals surface area contributed by atoms with Gasteiger partial charge in [0.15, 0.2) is 5.16 Å². The van der Waals surface area contributed by atoms with Crippen molar-refractivity contribution < 1.29 is 0 Å². The van der Waals surface area contributed by atoms with Gasteiger partial charge in [0.1, 0.15) is 17.5 Å². The Hall–Kier alpha value is -3.23. The summed E-state index contributed by atoms with van der Waals surface area (Å²) >= 11 is 3.34. The van der Waals surface area contributed by atoms with Crippen molar-refractivity contribution in [2.45, 2.75) is 30.3 Å². The molecule has 3 heterocycles. The highest BCUT2D eigenvalue weighted by Gasteiger charge is 2.15. The number of nitrogens with two attached hydrogens (primary N) is 1. The first-order chi connectivity index (χ1) is 15.8. The highest BCUT2D eigenvalue weighted by molar-refractivity contribution is 7.98. The zero-order valence-electron chi connectivity index (χ0n) is 17.4. The fourth-order valence-electron chi connectivity index (χ4n) is 3.58. The third kappa shape index (κ3) is 4.66. The summed E-state index contributed by atoms with van der Waals surface area (Å²) in [7, 11) is 0. The first-order valence-corrected chi connectivity index (χ1v) is 12.2. The lowest BCUT2D eigenvalue weighted by Crippen LogP contribution is -2.08. The molecule has 0 atom stereocenters. The second-order valence-electron chi connectivity index (χ2n) is 7.37. The molecule has 0 radical (unpaired) electrons. The minimum Gasteiger partial charge on any atom is -0.383 e. The van der Waals surface area contributed by atoms with E-state index in [0.29, 0.717) is 17.4 Å². The van der Waals surface area contributed by atoms with Crippen molar-refractivity contribution in [1.82, 2.24) is 24.7 Å². The van der Waals surface area contributed by atoms with Crippen LogP contribution in [-0.4, -0.2) is 24.7 Å². The Labute approximate surface area is 194 Å². The summed E-state index contributed by atoms with van der Waals surface area (Å²) in [5.74, 6) is 2.76. The first kappa shape index (κ1) is 20.7. The molecule has 2 aromatic carbocycles. The summed E-state index contributed by atoms with van der Waals surface area (Å²) in [5.41, 5.74) is 8.31. The number of thioether (sulfide) groups is 1. The molecule has 32 heavy (non-hydrogen) atoms. The van der Waals surface area contributed by atoms with Gasteiger partial charge in [0.05, 0.1) is 11.3 Å². The summed E-state index contributed by atoms with van der Waals surface area (Å²) < 4.78 is 2.22. The Kier molecular flexibility index (Phi) is 6.13. The number of aromatic nitrogens is 5. The van der Waals surface area contributed by atoms with Crippen molar-refractivity contribution in [2.24, 2.45) is 0 Å². The molecule has 8 heteroatoms. The molecule has 0 unspecified atom stereocenters. The molecule has 0 aliphatic heterocycles. The zero-order valence-corrected chi connectivity index (χ0v) is 19.0. The number of fused-ring (bicyclic) bond motifs is 1. The van der Waals surface area contributed by atoms with E-state index in [9.17, 15) is 0 Å². The number of anilines is 1. The predicted molar refractivity (Wildman–Crippen MR) is 131 cm³/mol. The molecule has 3 aromatic heterocycles.